The maximum Gasteiger partial charge on any atom is 0.242 e. The Kier molecular flexibility index (Phi) is 6.72. The molecule has 1 fully saturated rings. The Morgan fingerprint density at radius 3 is 2.48 bits per heavy atom. The molecule has 1 heterocycles. The van der Waals surface area contributed by atoms with Crippen LogP contribution < -0.4 is 15.8 Å². The monoisotopic (exact) mass is 318 g/mol. The number of carbonyl (C=O) groups is 1. The lowest BCUT2D eigenvalue weighted by Crippen LogP contribution is -2.39. The van der Waals surface area contributed by atoms with Gasteiger partial charge in [-0.3, -0.25) is 4.79 Å². The number of nitrogens with zero attached hydrogens (tertiary/aromatic N) is 2. The molecule has 6 heteroatoms. The maximum absolute atomic E-state index is 11.9. The summed E-state index contributed by atoms with van der Waals surface area (Å²) in [4.78, 5) is 18.2. The third-order valence-electron chi connectivity index (χ3n) is 3.96. The predicted molar refractivity (Wildman–Crippen MR) is 91.4 cm³/mol. The van der Waals surface area contributed by atoms with Crippen LogP contribution in [0.4, 0.5) is 0 Å². The van der Waals surface area contributed by atoms with Crippen molar-refractivity contribution in [1.82, 2.24) is 10.2 Å². The van der Waals surface area contributed by atoms with Gasteiger partial charge >= 0.3 is 0 Å². The van der Waals surface area contributed by atoms with Crippen LogP contribution in [-0.2, 0) is 11.3 Å². The fourth-order valence-electron chi connectivity index (χ4n) is 2.55. The van der Waals surface area contributed by atoms with Crippen LogP contribution in [0, 0.1) is 0 Å². The zero-order valence-electron chi connectivity index (χ0n) is 13.8. The Bertz CT molecular complexity index is 520. The van der Waals surface area contributed by atoms with Gasteiger partial charge in [-0.2, -0.15) is 0 Å². The minimum absolute atomic E-state index is 0.0679. The summed E-state index contributed by atoms with van der Waals surface area (Å²) in [5, 5.41) is 2.85. The van der Waals surface area contributed by atoms with Crippen molar-refractivity contribution in [2.24, 2.45) is 10.7 Å². The molecule has 1 aromatic rings. The smallest absolute Gasteiger partial charge is 0.242 e. The molecule has 1 aliphatic rings. The fourth-order valence-corrected chi connectivity index (χ4v) is 2.55. The molecule has 3 N–H and O–H groups in total. The molecule has 1 amide bonds. The van der Waals surface area contributed by atoms with Crippen LogP contribution in [0.5, 0.6) is 5.75 Å². The first-order valence-corrected chi connectivity index (χ1v) is 8.13. The number of ether oxygens (including phenoxy) is 1. The number of hydrogen-bond acceptors (Lipinski definition) is 3. The number of aliphatic imine (C=N–C) groups is 1. The Morgan fingerprint density at radius 2 is 1.87 bits per heavy atom. The largest absolute Gasteiger partial charge is 0.497 e. The van der Waals surface area contributed by atoms with Crippen molar-refractivity contribution < 1.29 is 9.53 Å². The Balaban J connectivity index is 1.75. The van der Waals surface area contributed by atoms with Crippen molar-refractivity contribution >= 4 is 11.9 Å². The van der Waals surface area contributed by atoms with Gasteiger partial charge in [0.1, 0.15) is 12.3 Å². The number of nitrogens with two attached hydrogens (primary N) is 1. The second-order valence-corrected chi connectivity index (χ2v) is 5.70. The van der Waals surface area contributed by atoms with E-state index in [2.05, 4.69) is 15.2 Å². The summed E-state index contributed by atoms with van der Waals surface area (Å²) in [6.45, 7) is 2.41. The molecule has 0 spiro atoms. The van der Waals surface area contributed by atoms with Gasteiger partial charge in [0.2, 0.25) is 5.91 Å². The van der Waals surface area contributed by atoms with Crippen LogP contribution in [0.15, 0.2) is 29.3 Å². The van der Waals surface area contributed by atoms with Gasteiger partial charge in [0, 0.05) is 19.6 Å². The molecule has 126 valence electrons. The van der Waals surface area contributed by atoms with E-state index in [1.807, 2.05) is 24.3 Å². The molecule has 23 heavy (non-hydrogen) atoms. The van der Waals surface area contributed by atoms with Crippen LogP contribution in [0.25, 0.3) is 0 Å². The van der Waals surface area contributed by atoms with Gasteiger partial charge < -0.3 is 20.7 Å². The van der Waals surface area contributed by atoms with Crippen molar-refractivity contribution in [2.75, 3.05) is 26.7 Å². The summed E-state index contributed by atoms with van der Waals surface area (Å²) in [6.07, 6.45) is 4.76. The standard InChI is InChI=1S/C17H26N4O2/c1-23-15-8-6-14(7-9-15)12-19-16(22)13-20-17(18)21-10-4-2-3-5-11-21/h6-9H,2-5,10-13H2,1H3,(H2,18,20)(H,19,22). The van der Waals surface area contributed by atoms with Crippen molar-refractivity contribution in [1.29, 1.82) is 0 Å². The highest BCUT2D eigenvalue weighted by Gasteiger charge is 2.11. The number of hydrogen-bond donors (Lipinski definition) is 2. The van der Waals surface area contributed by atoms with Gasteiger partial charge in [0.15, 0.2) is 5.96 Å². The summed E-state index contributed by atoms with van der Waals surface area (Å²) in [6, 6.07) is 7.59. The number of nitrogens with one attached hydrogen (secondary N) is 1. The highest BCUT2D eigenvalue weighted by atomic mass is 16.5. The third kappa shape index (κ3) is 5.81. The van der Waals surface area contributed by atoms with Crippen LogP contribution in [0.1, 0.15) is 31.2 Å². The molecule has 0 unspecified atom stereocenters. The van der Waals surface area contributed by atoms with Gasteiger partial charge in [-0.15, -0.1) is 0 Å². The molecular formula is C17H26N4O2. The van der Waals surface area contributed by atoms with Crippen molar-refractivity contribution in [3.05, 3.63) is 29.8 Å². The Morgan fingerprint density at radius 1 is 1.22 bits per heavy atom. The lowest BCUT2D eigenvalue weighted by molar-refractivity contribution is -0.119. The lowest BCUT2D eigenvalue weighted by atomic mass is 10.2. The van der Waals surface area contributed by atoms with Gasteiger partial charge in [-0.1, -0.05) is 25.0 Å². The normalized spacial score (nSPS) is 15.9. The first kappa shape index (κ1) is 17.1. The van der Waals surface area contributed by atoms with E-state index < -0.39 is 0 Å². The molecule has 1 aromatic carbocycles. The first-order valence-electron chi connectivity index (χ1n) is 8.13. The topological polar surface area (TPSA) is 79.9 Å². The van der Waals surface area contributed by atoms with E-state index in [-0.39, 0.29) is 12.5 Å². The first-order chi connectivity index (χ1) is 11.2. The molecule has 6 nitrogen and oxygen atoms in total. The van der Waals surface area contributed by atoms with E-state index in [1.165, 1.54) is 12.8 Å². The summed E-state index contributed by atoms with van der Waals surface area (Å²) in [5.74, 6) is 1.15. The highest BCUT2D eigenvalue weighted by Crippen LogP contribution is 2.11. The van der Waals surface area contributed by atoms with Crippen molar-refractivity contribution in [3.8, 4) is 5.75 Å². The minimum atomic E-state index is -0.126. The SMILES string of the molecule is COc1ccc(CNC(=O)CN=C(N)N2CCCCCC2)cc1. The average Bonchev–Trinajstić information content (AvgIpc) is 2.87. The number of benzene rings is 1. The van der Waals surface area contributed by atoms with E-state index in [9.17, 15) is 4.79 Å². The van der Waals surface area contributed by atoms with Crippen LogP contribution >= 0.6 is 0 Å². The molecule has 0 saturated carbocycles. The van der Waals surface area contributed by atoms with Crippen LogP contribution in [-0.4, -0.2) is 43.5 Å². The highest BCUT2D eigenvalue weighted by molar-refractivity contribution is 5.84. The molecular weight excluding hydrogens is 292 g/mol. The number of amides is 1. The molecule has 2 rings (SSSR count). The predicted octanol–water partition coefficient (Wildman–Crippen LogP) is 1.50. The maximum atomic E-state index is 11.9. The molecule has 0 radical (unpaired) electrons. The van der Waals surface area contributed by atoms with E-state index in [0.717, 1.165) is 37.2 Å². The van der Waals surface area contributed by atoms with Gasteiger partial charge in [0.05, 0.1) is 7.11 Å². The second-order valence-electron chi connectivity index (χ2n) is 5.70. The zero-order valence-corrected chi connectivity index (χ0v) is 13.8. The number of carbonyl (C=O) groups excluding carboxylic acids is 1. The zero-order chi connectivity index (χ0) is 16.5. The van der Waals surface area contributed by atoms with Gasteiger partial charge in [-0.05, 0) is 30.5 Å². The van der Waals surface area contributed by atoms with Crippen molar-refractivity contribution in [2.45, 2.75) is 32.2 Å². The Hall–Kier alpha value is -2.24. The third-order valence-corrected chi connectivity index (χ3v) is 3.96. The van der Waals surface area contributed by atoms with Crippen LogP contribution in [0.2, 0.25) is 0 Å². The molecule has 0 aliphatic carbocycles. The molecule has 0 bridgehead atoms. The van der Waals surface area contributed by atoms with E-state index in [1.54, 1.807) is 7.11 Å². The summed E-state index contributed by atoms with van der Waals surface area (Å²) >= 11 is 0. The number of guanidine groups is 1. The molecule has 0 aromatic heterocycles. The summed E-state index contributed by atoms with van der Waals surface area (Å²) in [7, 11) is 1.63. The average molecular weight is 318 g/mol. The van der Waals surface area contributed by atoms with Crippen LogP contribution in [0.3, 0.4) is 0 Å². The van der Waals surface area contributed by atoms with Gasteiger partial charge in [0.25, 0.3) is 0 Å². The quantitative estimate of drug-likeness (QED) is 0.637. The number of likely N-dealkylation sites (tertiary alicyclic amines) is 1. The second kappa shape index (κ2) is 9.02. The lowest BCUT2D eigenvalue weighted by Gasteiger charge is -2.20. The summed E-state index contributed by atoms with van der Waals surface area (Å²) in [5.41, 5.74) is 7.00. The Labute approximate surface area is 137 Å². The summed E-state index contributed by atoms with van der Waals surface area (Å²) < 4.78 is 5.10. The molecule has 1 saturated heterocycles. The van der Waals surface area contributed by atoms with E-state index in [0.29, 0.717) is 12.5 Å². The van der Waals surface area contributed by atoms with Gasteiger partial charge in [-0.25, -0.2) is 4.99 Å². The molecule has 0 atom stereocenters. The van der Waals surface area contributed by atoms with E-state index in [4.69, 9.17) is 10.5 Å². The minimum Gasteiger partial charge on any atom is -0.497 e. The van der Waals surface area contributed by atoms with E-state index >= 15 is 0 Å². The molecule has 1 aliphatic heterocycles. The fraction of sp³-hybridized carbons (Fsp3) is 0.529. The van der Waals surface area contributed by atoms with Crippen molar-refractivity contribution in [3.63, 3.8) is 0 Å². The number of rotatable bonds is 5. The number of methoxy groups -OCH3 is 1.